The number of aryl methyl sites for hydroxylation is 1. The van der Waals surface area contributed by atoms with Crippen molar-refractivity contribution in [3.63, 3.8) is 0 Å². The van der Waals surface area contributed by atoms with E-state index >= 15 is 0 Å². The van der Waals surface area contributed by atoms with Crippen molar-refractivity contribution in [2.45, 2.75) is 44.9 Å². The van der Waals surface area contributed by atoms with Crippen LogP contribution >= 0.6 is 0 Å². The van der Waals surface area contributed by atoms with E-state index < -0.39 is 5.97 Å². The van der Waals surface area contributed by atoms with Crippen molar-refractivity contribution < 1.29 is 19.1 Å². The average Bonchev–Trinajstić information content (AvgIpc) is 2.68. The molecule has 1 saturated carbocycles. The van der Waals surface area contributed by atoms with Crippen LogP contribution in [0.25, 0.3) is 0 Å². The molecule has 0 aliphatic heterocycles. The number of ether oxygens (including phenoxy) is 1. The second kappa shape index (κ2) is 8.60. The van der Waals surface area contributed by atoms with E-state index in [9.17, 15) is 14.4 Å². The lowest BCUT2D eigenvalue weighted by Crippen LogP contribution is -2.27. The van der Waals surface area contributed by atoms with Crippen LogP contribution in [0, 0.1) is 5.92 Å². The highest BCUT2D eigenvalue weighted by Crippen LogP contribution is 2.27. The number of anilines is 1. The minimum Gasteiger partial charge on any atom is -0.462 e. The molecule has 0 spiro atoms. The lowest BCUT2D eigenvalue weighted by Gasteiger charge is -2.24. The van der Waals surface area contributed by atoms with Crippen LogP contribution in [0.4, 0.5) is 5.69 Å². The Kier molecular flexibility index (Phi) is 5.74. The molecule has 0 bridgehead atoms. The third-order valence-corrected chi connectivity index (χ3v) is 5.82. The summed E-state index contributed by atoms with van der Waals surface area (Å²) in [5, 5.41) is 2.94. The van der Waals surface area contributed by atoms with E-state index in [4.69, 9.17) is 4.74 Å². The van der Waals surface area contributed by atoms with Crippen molar-refractivity contribution in [1.29, 1.82) is 0 Å². The van der Waals surface area contributed by atoms with Crippen LogP contribution in [-0.2, 0) is 22.4 Å². The molecule has 5 heteroatoms. The van der Waals surface area contributed by atoms with E-state index in [0.29, 0.717) is 24.0 Å². The third-order valence-electron chi connectivity index (χ3n) is 5.82. The molecule has 2 aromatic rings. The summed E-state index contributed by atoms with van der Waals surface area (Å²) in [6.07, 6.45) is 5.99. The molecule has 0 atom stereocenters. The van der Waals surface area contributed by atoms with Crippen LogP contribution in [-0.4, -0.2) is 24.3 Å². The Morgan fingerprint density at radius 2 is 1.79 bits per heavy atom. The highest BCUT2D eigenvalue weighted by atomic mass is 16.5. The van der Waals surface area contributed by atoms with E-state index in [-0.39, 0.29) is 24.2 Å². The van der Waals surface area contributed by atoms with Crippen LogP contribution in [0.5, 0.6) is 0 Å². The molecule has 5 nitrogen and oxygen atoms in total. The number of benzene rings is 2. The normalized spacial score (nSPS) is 15.9. The van der Waals surface area contributed by atoms with E-state index in [1.807, 2.05) is 30.3 Å². The summed E-state index contributed by atoms with van der Waals surface area (Å²) < 4.78 is 5.39. The van der Waals surface area contributed by atoms with Gasteiger partial charge >= 0.3 is 5.97 Å². The first-order valence-electron chi connectivity index (χ1n) is 10.3. The van der Waals surface area contributed by atoms with Crippen molar-refractivity contribution >= 4 is 23.3 Å². The molecule has 150 valence electrons. The summed E-state index contributed by atoms with van der Waals surface area (Å²) >= 11 is 0. The summed E-state index contributed by atoms with van der Waals surface area (Å²) in [7, 11) is 0. The maximum absolute atomic E-state index is 12.3. The Morgan fingerprint density at radius 3 is 2.52 bits per heavy atom. The standard InChI is InChI=1S/C24H25NO4/c26-22-6-2-3-17-9-10-19(15-21(17)22)24(28)29-14-13-16-7-11-20(12-8-16)25-23(27)18-4-1-5-18/h7-12,15,18H,1-6,13-14H2,(H,25,27). The zero-order valence-electron chi connectivity index (χ0n) is 16.4. The fraction of sp³-hybridized carbons (Fsp3) is 0.375. The molecule has 29 heavy (non-hydrogen) atoms. The first kappa shape index (κ1) is 19.4. The van der Waals surface area contributed by atoms with Gasteiger partial charge in [0.15, 0.2) is 5.78 Å². The average molecular weight is 391 g/mol. The minimum atomic E-state index is -0.407. The number of nitrogens with one attached hydrogen (secondary N) is 1. The number of amides is 1. The van der Waals surface area contributed by atoms with Gasteiger partial charge in [-0.2, -0.15) is 0 Å². The van der Waals surface area contributed by atoms with E-state index in [1.165, 1.54) is 0 Å². The van der Waals surface area contributed by atoms with Crippen molar-refractivity contribution in [3.05, 3.63) is 64.7 Å². The molecule has 1 amide bonds. The van der Waals surface area contributed by atoms with Crippen LogP contribution in [0.15, 0.2) is 42.5 Å². The van der Waals surface area contributed by atoms with Crippen LogP contribution in [0.2, 0.25) is 0 Å². The molecule has 2 aromatic carbocycles. The second-order valence-corrected chi connectivity index (χ2v) is 7.85. The number of esters is 1. The lowest BCUT2D eigenvalue weighted by molar-refractivity contribution is -0.122. The summed E-state index contributed by atoms with van der Waals surface area (Å²) in [4.78, 5) is 36.3. The molecule has 1 N–H and O–H groups in total. The monoisotopic (exact) mass is 391 g/mol. The smallest absolute Gasteiger partial charge is 0.338 e. The summed E-state index contributed by atoms with van der Waals surface area (Å²) in [5.41, 5.74) is 3.92. The van der Waals surface area contributed by atoms with Crippen LogP contribution in [0.1, 0.15) is 63.9 Å². The first-order chi connectivity index (χ1) is 14.1. The Morgan fingerprint density at radius 1 is 1.00 bits per heavy atom. The van der Waals surface area contributed by atoms with Gasteiger partial charge in [-0.05, 0) is 61.1 Å². The van der Waals surface area contributed by atoms with E-state index in [0.717, 1.165) is 48.9 Å². The maximum Gasteiger partial charge on any atom is 0.338 e. The van der Waals surface area contributed by atoms with Crippen molar-refractivity contribution in [1.82, 2.24) is 0 Å². The number of Topliss-reactive ketones (excluding diaryl/α,β-unsaturated/α-hetero) is 1. The van der Waals surface area contributed by atoms with Gasteiger partial charge in [0.25, 0.3) is 0 Å². The van der Waals surface area contributed by atoms with Gasteiger partial charge in [-0.15, -0.1) is 0 Å². The molecule has 0 saturated heterocycles. The molecule has 0 heterocycles. The highest BCUT2D eigenvalue weighted by molar-refractivity contribution is 6.01. The van der Waals surface area contributed by atoms with Gasteiger partial charge in [-0.1, -0.05) is 24.6 Å². The molecular formula is C24H25NO4. The number of carbonyl (C=O) groups is 3. The van der Waals surface area contributed by atoms with Gasteiger partial charge in [-0.3, -0.25) is 9.59 Å². The van der Waals surface area contributed by atoms with Gasteiger partial charge in [0, 0.05) is 30.0 Å². The Labute approximate surface area is 170 Å². The van der Waals surface area contributed by atoms with Gasteiger partial charge in [0.05, 0.1) is 12.2 Å². The zero-order chi connectivity index (χ0) is 20.2. The fourth-order valence-electron chi connectivity index (χ4n) is 3.77. The summed E-state index contributed by atoms with van der Waals surface area (Å²) in [5.74, 6) is -0.0459. The maximum atomic E-state index is 12.3. The number of carbonyl (C=O) groups excluding carboxylic acids is 3. The third kappa shape index (κ3) is 4.56. The largest absolute Gasteiger partial charge is 0.462 e. The first-order valence-corrected chi connectivity index (χ1v) is 10.3. The molecule has 0 aromatic heterocycles. The molecular weight excluding hydrogens is 366 g/mol. The van der Waals surface area contributed by atoms with Crippen LogP contribution < -0.4 is 5.32 Å². The zero-order valence-corrected chi connectivity index (χ0v) is 16.4. The van der Waals surface area contributed by atoms with Gasteiger partial charge in [0.1, 0.15) is 0 Å². The molecule has 2 aliphatic rings. The quantitative estimate of drug-likeness (QED) is 0.744. The Hall–Kier alpha value is -2.95. The van der Waals surface area contributed by atoms with Crippen molar-refractivity contribution in [2.75, 3.05) is 11.9 Å². The van der Waals surface area contributed by atoms with Gasteiger partial charge < -0.3 is 10.1 Å². The minimum absolute atomic E-state index is 0.0986. The molecule has 0 unspecified atom stereocenters. The number of ketones is 1. The molecule has 2 aliphatic carbocycles. The Balaban J connectivity index is 1.27. The van der Waals surface area contributed by atoms with E-state index in [2.05, 4.69) is 5.32 Å². The number of rotatable bonds is 6. The number of hydrogen-bond acceptors (Lipinski definition) is 4. The van der Waals surface area contributed by atoms with Gasteiger partial charge in [-0.25, -0.2) is 4.79 Å². The predicted molar refractivity (Wildman–Crippen MR) is 110 cm³/mol. The molecule has 4 rings (SSSR count). The fourth-order valence-corrected chi connectivity index (χ4v) is 3.77. The van der Waals surface area contributed by atoms with Crippen LogP contribution in [0.3, 0.4) is 0 Å². The van der Waals surface area contributed by atoms with E-state index in [1.54, 1.807) is 12.1 Å². The highest BCUT2D eigenvalue weighted by Gasteiger charge is 2.25. The second-order valence-electron chi connectivity index (χ2n) is 7.85. The number of fused-ring (bicyclic) bond motifs is 1. The summed E-state index contributed by atoms with van der Waals surface area (Å²) in [6, 6.07) is 12.9. The van der Waals surface area contributed by atoms with Gasteiger partial charge in [0.2, 0.25) is 5.91 Å². The number of hydrogen-bond donors (Lipinski definition) is 1. The van der Waals surface area contributed by atoms with Crippen molar-refractivity contribution in [3.8, 4) is 0 Å². The summed E-state index contributed by atoms with van der Waals surface area (Å²) in [6.45, 7) is 0.262. The SMILES string of the molecule is O=C(OCCc1ccc(NC(=O)C2CCC2)cc1)c1ccc2c(c1)C(=O)CCC2. The Bertz CT molecular complexity index is 928. The molecule has 1 fully saturated rings. The predicted octanol–water partition coefficient (Wildman–Crippen LogP) is 4.34. The molecule has 0 radical (unpaired) electrons. The topological polar surface area (TPSA) is 72.5 Å². The van der Waals surface area contributed by atoms with Crippen molar-refractivity contribution in [2.24, 2.45) is 5.92 Å². The lowest BCUT2D eigenvalue weighted by atomic mass is 9.85.